The number of carbonyl (C=O) groups is 1. The van der Waals surface area contributed by atoms with Crippen LogP contribution < -0.4 is 19.5 Å². The highest BCUT2D eigenvalue weighted by Gasteiger charge is 2.14. The fourth-order valence-electron chi connectivity index (χ4n) is 2.25. The zero-order chi connectivity index (χ0) is 16.7. The van der Waals surface area contributed by atoms with E-state index < -0.39 is 0 Å². The summed E-state index contributed by atoms with van der Waals surface area (Å²) in [6, 6.07) is 7.55. The van der Waals surface area contributed by atoms with Crippen LogP contribution in [-0.2, 0) is 11.2 Å². The third-order valence-electron chi connectivity index (χ3n) is 3.36. The van der Waals surface area contributed by atoms with Gasteiger partial charge in [-0.3, -0.25) is 4.79 Å². The summed E-state index contributed by atoms with van der Waals surface area (Å²) in [5, 5.41) is 4.92. The highest BCUT2D eigenvalue weighted by atomic mass is 32.1. The van der Waals surface area contributed by atoms with Crippen molar-refractivity contribution in [2.24, 2.45) is 0 Å². The van der Waals surface area contributed by atoms with E-state index in [0.29, 0.717) is 29.4 Å². The van der Waals surface area contributed by atoms with Crippen LogP contribution in [0.1, 0.15) is 17.7 Å². The van der Waals surface area contributed by atoms with Crippen molar-refractivity contribution in [3.63, 3.8) is 0 Å². The first-order chi connectivity index (χ1) is 11.2. The Kier molecular flexibility index (Phi) is 6.29. The van der Waals surface area contributed by atoms with E-state index in [0.717, 1.165) is 12.8 Å². The average molecular weight is 335 g/mol. The molecule has 23 heavy (non-hydrogen) atoms. The first-order valence-electron chi connectivity index (χ1n) is 7.30. The number of methoxy groups -OCH3 is 3. The Morgan fingerprint density at radius 2 is 1.83 bits per heavy atom. The summed E-state index contributed by atoms with van der Waals surface area (Å²) in [5.41, 5.74) is 0.626. The maximum Gasteiger partial charge on any atom is 0.224 e. The van der Waals surface area contributed by atoms with Gasteiger partial charge in [0.05, 0.1) is 21.3 Å². The summed E-state index contributed by atoms with van der Waals surface area (Å²) in [6.45, 7) is 0. The summed E-state index contributed by atoms with van der Waals surface area (Å²) in [5.74, 6) is 1.50. The zero-order valence-corrected chi connectivity index (χ0v) is 14.4. The Hall–Kier alpha value is -2.21. The van der Waals surface area contributed by atoms with Crippen molar-refractivity contribution in [2.75, 3.05) is 26.6 Å². The first-order valence-corrected chi connectivity index (χ1v) is 8.18. The lowest BCUT2D eigenvalue weighted by Gasteiger charge is -2.14. The van der Waals surface area contributed by atoms with Gasteiger partial charge >= 0.3 is 0 Å². The lowest BCUT2D eigenvalue weighted by Crippen LogP contribution is -2.12. The topological polar surface area (TPSA) is 56.8 Å². The average Bonchev–Trinajstić information content (AvgIpc) is 3.07. The third kappa shape index (κ3) is 4.63. The van der Waals surface area contributed by atoms with Crippen molar-refractivity contribution in [1.82, 2.24) is 0 Å². The van der Waals surface area contributed by atoms with Crippen LogP contribution in [0.3, 0.4) is 0 Å². The highest BCUT2D eigenvalue weighted by molar-refractivity contribution is 7.09. The third-order valence-corrected chi connectivity index (χ3v) is 4.29. The molecule has 1 aromatic heterocycles. The minimum absolute atomic E-state index is 0.0316. The lowest BCUT2D eigenvalue weighted by molar-refractivity contribution is -0.116. The Balaban J connectivity index is 1.97. The van der Waals surface area contributed by atoms with Gasteiger partial charge in [0.25, 0.3) is 0 Å². The minimum Gasteiger partial charge on any atom is -0.493 e. The van der Waals surface area contributed by atoms with Crippen LogP contribution in [0.25, 0.3) is 0 Å². The zero-order valence-electron chi connectivity index (χ0n) is 13.5. The molecule has 0 unspecified atom stereocenters. The minimum atomic E-state index is -0.0316. The first kappa shape index (κ1) is 17.1. The number of hydrogen-bond acceptors (Lipinski definition) is 5. The standard InChI is InChI=1S/C17H21NO4S/c1-20-14-10-12(11-15(21-2)17(14)22-3)18-16(19)8-4-6-13-7-5-9-23-13/h5,7,9-11H,4,6,8H2,1-3H3,(H,18,19). The number of amides is 1. The summed E-state index contributed by atoms with van der Waals surface area (Å²) < 4.78 is 15.8. The van der Waals surface area contributed by atoms with E-state index in [1.165, 1.54) is 4.88 Å². The Bertz CT molecular complexity index is 615. The SMILES string of the molecule is COc1cc(NC(=O)CCCc2cccs2)cc(OC)c1OC. The number of ether oxygens (including phenoxy) is 3. The van der Waals surface area contributed by atoms with Crippen LogP contribution >= 0.6 is 11.3 Å². The van der Waals surface area contributed by atoms with Gasteiger partial charge in [-0.2, -0.15) is 0 Å². The second-order valence-corrected chi connectivity index (χ2v) is 5.93. The van der Waals surface area contributed by atoms with Crippen molar-refractivity contribution in [1.29, 1.82) is 0 Å². The molecule has 0 fully saturated rings. The van der Waals surface area contributed by atoms with Gasteiger partial charge in [-0.25, -0.2) is 0 Å². The van der Waals surface area contributed by atoms with E-state index in [1.807, 2.05) is 11.4 Å². The number of carbonyl (C=O) groups excluding carboxylic acids is 1. The molecule has 0 saturated carbocycles. The Morgan fingerprint density at radius 3 is 2.35 bits per heavy atom. The molecule has 1 heterocycles. The van der Waals surface area contributed by atoms with Gasteiger partial charge in [-0.1, -0.05) is 6.07 Å². The molecule has 6 heteroatoms. The molecule has 0 bridgehead atoms. The normalized spacial score (nSPS) is 10.2. The summed E-state index contributed by atoms with van der Waals surface area (Å²) >= 11 is 1.71. The number of hydrogen-bond donors (Lipinski definition) is 1. The van der Waals surface area contributed by atoms with E-state index in [2.05, 4.69) is 11.4 Å². The smallest absolute Gasteiger partial charge is 0.224 e. The number of aryl methyl sites for hydroxylation is 1. The molecular weight excluding hydrogens is 314 g/mol. The van der Waals surface area contributed by atoms with Crippen molar-refractivity contribution in [2.45, 2.75) is 19.3 Å². The molecule has 0 radical (unpaired) electrons. The second-order valence-electron chi connectivity index (χ2n) is 4.90. The number of anilines is 1. The molecule has 0 saturated heterocycles. The number of rotatable bonds is 8. The van der Waals surface area contributed by atoms with Crippen molar-refractivity contribution < 1.29 is 19.0 Å². The predicted octanol–water partition coefficient (Wildman–Crippen LogP) is 3.74. The molecule has 1 aromatic carbocycles. The van der Waals surface area contributed by atoms with Crippen LogP contribution in [0.2, 0.25) is 0 Å². The van der Waals surface area contributed by atoms with E-state index in [9.17, 15) is 4.79 Å². The quantitative estimate of drug-likeness (QED) is 0.798. The molecule has 0 spiro atoms. The monoisotopic (exact) mass is 335 g/mol. The fourth-order valence-corrected chi connectivity index (χ4v) is 3.01. The van der Waals surface area contributed by atoms with E-state index in [-0.39, 0.29) is 5.91 Å². The summed E-state index contributed by atoms with van der Waals surface area (Å²) in [4.78, 5) is 13.4. The maximum absolute atomic E-state index is 12.1. The van der Waals surface area contributed by atoms with E-state index in [1.54, 1.807) is 44.8 Å². The molecule has 0 atom stereocenters. The molecule has 0 aliphatic rings. The second kappa shape index (κ2) is 8.43. The summed E-state index contributed by atoms with van der Waals surface area (Å²) in [6.07, 6.45) is 2.20. The highest BCUT2D eigenvalue weighted by Crippen LogP contribution is 2.39. The van der Waals surface area contributed by atoms with Crippen LogP contribution in [0, 0.1) is 0 Å². The van der Waals surface area contributed by atoms with Crippen molar-refractivity contribution in [3.8, 4) is 17.2 Å². The number of nitrogens with one attached hydrogen (secondary N) is 1. The van der Waals surface area contributed by atoms with Gasteiger partial charge in [-0.05, 0) is 24.3 Å². The van der Waals surface area contributed by atoms with Crippen LogP contribution in [-0.4, -0.2) is 27.2 Å². The van der Waals surface area contributed by atoms with Gasteiger partial charge in [0, 0.05) is 29.1 Å². The van der Waals surface area contributed by atoms with Crippen molar-refractivity contribution >= 4 is 22.9 Å². The van der Waals surface area contributed by atoms with Gasteiger partial charge in [0.15, 0.2) is 11.5 Å². The van der Waals surface area contributed by atoms with Crippen LogP contribution in [0.5, 0.6) is 17.2 Å². The molecule has 2 aromatic rings. The van der Waals surface area contributed by atoms with Gasteiger partial charge in [-0.15, -0.1) is 11.3 Å². The molecular formula is C17H21NO4S. The lowest BCUT2D eigenvalue weighted by atomic mass is 10.2. The molecule has 5 nitrogen and oxygen atoms in total. The Labute approximate surface area is 140 Å². The maximum atomic E-state index is 12.1. The number of thiophene rings is 1. The van der Waals surface area contributed by atoms with Crippen LogP contribution in [0.4, 0.5) is 5.69 Å². The predicted molar refractivity (Wildman–Crippen MR) is 92.0 cm³/mol. The van der Waals surface area contributed by atoms with E-state index >= 15 is 0 Å². The Morgan fingerprint density at radius 1 is 1.13 bits per heavy atom. The van der Waals surface area contributed by atoms with Gasteiger partial charge in [0.2, 0.25) is 11.7 Å². The van der Waals surface area contributed by atoms with Crippen LogP contribution in [0.15, 0.2) is 29.6 Å². The summed E-state index contributed by atoms with van der Waals surface area (Å²) in [7, 11) is 4.64. The fraction of sp³-hybridized carbons (Fsp3) is 0.353. The molecule has 124 valence electrons. The largest absolute Gasteiger partial charge is 0.493 e. The van der Waals surface area contributed by atoms with Gasteiger partial charge < -0.3 is 19.5 Å². The molecule has 0 aliphatic heterocycles. The van der Waals surface area contributed by atoms with Crippen molar-refractivity contribution in [3.05, 3.63) is 34.5 Å². The molecule has 1 N–H and O–H groups in total. The van der Waals surface area contributed by atoms with Gasteiger partial charge in [0.1, 0.15) is 0 Å². The molecule has 1 amide bonds. The van der Waals surface area contributed by atoms with E-state index in [4.69, 9.17) is 14.2 Å². The molecule has 0 aliphatic carbocycles. The molecule has 2 rings (SSSR count). The number of benzene rings is 1.